The zero-order valence-corrected chi connectivity index (χ0v) is 13.2. The van der Waals surface area contributed by atoms with E-state index in [2.05, 4.69) is 15.9 Å². The van der Waals surface area contributed by atoms with Gasteiger partial charge in [0.1, 0.15) is 11.6 Å². The van der Waals surface area contributed by atoms with Gasteiger partial charge in [0.05, 0.1) is 6.42 Å². The molecule has 1 unspecified atom stereocenters. The van der Waals surface area contributed by atoms with Gasteiger partial charge in [0.15, 0.2) is 0 Å². The van der Waals surface area contributed by atoms with Crippen molar-refractivity contribution in [3.05, 3.63) is 0 Å². The van der Waals surface area contributed by atoms with Crippen LogP contribution in [0.2, 0.25) is 0 Å². The van der Waals surface area contributed by atoms with Gasteiger partial charge in [-0.15, -0.1) is 0 Å². The maximum atomic E-state index is 11.8. The topological polar surface area (TPSA) is 66.9 Å². The molecule has 6 nitrogen and oxygen atoms in total. The number of alkyl halides is 1. The number of ether oxygens (including phenoxy) is 1. The van der Waals surface area contributed by atoms with Crippen LogP contribution in [0.25, 0.3) is 0 Å². The third-order valence-electron chi connectivity index (χ3n) is 2.65. The number of carbonyl (C=O) groups excluding carboxylic acids is 3. The number of halogens is 1. The van der Waals surface area contributed by atoms with Crippen molar-refractivity contribution in [3.8, 4) is 0 Å². The van der Waals surface area contributed by atoms with Crippen LogP contribution >= 0.6 is 15.9 Å². The Morgan fingerprint density at radius 3 is 2.42 bits per heavy atom. The average Bonchev–Trinajstić information content (AvgIpc) is 2.48. The van der Waals surface area contributed by atoms with E-state index in [-0.39, 0.29) is 30.9 Å². The van der Waals surface area contributed by atoms with Crippen LogP contribution in [0, 0.1) is 0 Å². The van der Waals surface area contributed by atoms with Crippen molar-refractivity contribution in [1.82, 2.24) is 9.80 Å². The third kappa shape index (κ3) is 3.92. The van der Waals surface area contributed by atoms with Gasteiger partial charge in [-0.1, -0.05) is 15.9 Å². The molecule has 1 fully saturated rings. The first-order valence-corrected chi connectivity index (χ1v) is 7.15. The molecule has 1 aliphatic rings. The highest BCUT2D eigenvalue weighted by Crippen LogP contribution is 2.18. The van der Waals surface area contributed by atoms with Crippen molar-refractivity contribution in [2.24, 2.45) is 0 Å². The van der Waals surface area contributed by atoms with Gasteiger partial charge in [-0.3, -0.25) is 14.5 Å². The van der Waals surface area contributed by atoms with Gasteiger partial charge in [-0.05, 0) is 20.8 Å². The molecule has 0 spiro atoms. The molecule has 108 valence electrons. The molecule has 1 heterocycles. The molecule has 1 aliphatic heterocycles. The van der Waals surface area contributed by atoms with E-state index in [9.17, 15) is 14.4 Å². The van der Waals surface area contributed by atoms with Crippen molar-refractivity contribution in [3.63, 3.8) is 0 Å². The van der Waals surface area contributed by atoms with Gasteiger partial charge in [0.2, 0.25) is 0 Å². The second-order valence-corrected chi connectivity index (χ2v) is 6.03. The Kier molecular flexibility index (Phi) is 4.95. The first kappa shape index (κ1) is 15.9. The average molecular weight is 335 g/mol. The van der Waals surface area contributed by atoms with Gasteiger partial charge in [0.25, 0.3) is 5.91 Å². The summed E-state index contributed by atoms with van der Waals surface area (Å²) < 4.78 is 5.17. The van der Waals surface area contributed by atoms with Crippen LogP contribution in [-0.4, -0.2) is 58.3 Å². The summed E-state index contributed by atoms with van der Waals surface area (Å²) in [6.07, 6.45) is 0.0770. The summed E-state index contributed by atoms with van der Waals surface area (Å²) in [5.41, 5.74) is -0.548. The number of esters is 1. The number of urea groups is 1. The molecule has 0 aliphatic carbocycles. The first-order valence-electron chi connectivity index (χ1n) is 6.03. The SMILES string of the molecule is CN1C(=O)C(CBr)N(CCC(=O)OC(C)(C)C)C1=O. The Morgan fingerprint density at radius 1 is 1.37 bits per heavy atom. The molecule has 0 bridgehead atoms. The first-order chi connectivity index (χ1) is 8.67. The molecule has 0 N–H and O–H groups in total. The summed E-state index contributed by atoms with van der Waals surface area (Å²) in [6, 6.07) is -0.919. The number of rotatable bonds is 4. The second kappa shape index (κ2) is 5.90. The molecule has 3 amide bonds. The molecule has 0 aromatic carbocycles. The predicted octanol–water partition coefficient (Wildman–Crippen LogP) is 1.38. The summed E-state index contributed by atoms with van der Waals surface area (Å²) in [6.45, 7) is 5.53. The van der Waals surface area contributed by atoms with E-state index in [1.165, 1.54) is 11.9 Å². The van der Waals surface area contributed by atoms with Crippen molar-refractivity contribution in [1.29, 1.82) is 0 Å². The van der Waals surface area contributed by atoms with E-state index in [0.29, 0.717) is 5.33 Å². The van der Waals surface area contributed by atoms with Crippen LogP contribution in [0.15, 0.2) is 0 Å². The fraction of sp³-hybridized carbons (Fsp3) is 0.750. The Morgan fingerprint density at radius 2 is 1.95 bits per heavy atom. The van der Waals surface area contributed by atoms with Crippen molar-refractivity contribution in [2.45, 2.75) is 38.8 Å². The number of nitrogens with zero attached hydrogens (tertiary/aromatic N) is 2. The summed E-state index contributed by atoms with van der Waals surface area (Å²) in [4.78, 5) is 37.7. The molecule has 1 rings (SSSR count). The molecular formula is C12H19BrN2O4. The summed E-state index contributed by atoms with van der Waals surface area (Å²) in [7, 11) is 1.44. The van der Waals surface area contributed by atoms with E-state index < -0.39 is 11.6 Å². The predicted molar refractivity (Wildman–Crippen MR) is 72.9 cm³/mol. The fourth-order valence-electron chi connectivity index (χ4n) is 1.78. The minimum Gasteiger partial charge on any atom is -0.460 e. The fourth-order valence-corrected chi connectivity index (χ4v) is 2.41. The smallest absolute Gasteiger partial charge is 0.327 e. The molecule has 1 saturated heterocycles. The number of carbonyl (C=O) groups is 3. The lowest BCUT2D eigenvalue weighted by molar-refractivity contribution is -0.155. The van der Waals surface area contributed by atoms with Crippen molar-refractivity contribution < 1.29 is 19.1 Å². The van der Waals surface area contributed by atoms with Gasteiger partial charge in [-0.2, -0.15) is 0 Å². The second-order valence-electron chi connectivity index (χ2n) is 5.38. The van der Waals surface area contributed by atoms with E-state index in [4.69, 9.17) is 4.74 Å². The van der Waals surface area contributed by atoms with Crippen LogP contribution in [0.4, 0.5) is 4.79 Å². The van der Waals surface area contributed by atoms with Crippen LogP contribution in [0.1, 0.15) is 27.2 Å². The highest BCUT2D eigenvalue weighted by atomic mass is 79.9. The molecule has 7 heteroatoms. The van der Waals surface area contributed by atoms with Crippen LogP contribution < -0.4 is 0 Å². The number of hydrogen-bond donors (Lipinski definition) is 0. The molecule has 19 heavy (non-hydrogen) atoms. The molecule has 0 aromatic rings. The minimum atomic E-state index is -0.548. The lowest BCUT2D eigenvalue weighted by atomic mass is 10.2. The van der Waals surface area contributed by atoms with Crippen molar-refractivity contribution >= 4 is 33.8 Å². The Balaban J connectivity index is 2.59. The normalized spacial score (nSPS) is 20.2. The van der Waals surface area contributed by atoms with E-state index in [1.54, 1.807) is 20.8 Å². The number of amides is 3. The number of hydrogen-bond acceptors (Lipinski definition) is 4. The monoisotopic (exact) mass is 334 g/mol. The molecule has 0 aromatic heterocycles. The Hall–Kier alpha value is -1.11. The highest BCUT2D eigenvalue weighted by Gasteiger charge is 2.42. The van der Waals surface area contributed by atoms with Gasteiger partial charge in [0, 0.05) is 18.9 Å². The van der Waals surface area contributed by atoms with Gasteiger partial charge < -0.3 is 9.64 Å². The summed E-state index contributed by atoms with van der Waals surface area (Å²) in [5, 5.41) is 0.357. The maximum absolute atomic E-state index is 11.8. The van der Waals surface area contributed by atoms with Gasteiger partial charge >= 0.3 is 12.0 Å². The molecular weight excluding hydrogens is 316 g/mol. The summed E-state index contributed by atoms with van der Waals surface area (Å²) in [5.74, 6) is -0.637. The Labute approximate surface area is 121 Å². The summed E-state index contributed by atoms with van der Waals surface area (Å²) >= 11 is 3.21. The van der Waals surface area contributed by atoms with Crippen LogP contribution in [-0.2, 0) is 14.3 Å². The van der Waals surface area contributed by atoms with Gasteiger partial charge in [-0.25, -0.2) is 4.79 Å². The van der Waals surface area contributed by atoms with Crippen LogP contribution in [0.5, 0.6) is 0 Å². The standard InChI is InChI=1S/C12H19BrN2O4/c1-12(2,3)19-9(16)5-6-15-8(7-13)10(17)14(4)11(15)18/h8H,5-7H2,1-4H3. The largest absolute Gasteiger partial charge is 0.460 e. The minimum absolute atomic E-state index is 0.0770. The number of likely N-dealkylation sites (N-methyl/N-ethyl adjacent to an activating group) is 1. The van der Waals surface area contributed by atoms with E-state index in [0.717, 1.165) is 4.90 Å². The highest BCUT2D eigenvalue weighted by molar-refractivity contribution is 9.09. The lowest BCUT2D eigenvalue weighted by Gasteiger charge is -2.22. The van der Waals surface area contributed by atoms with E-state index in [1.807, 2.05) is 0 Å². The zero-order chi connectivity index (χ0) is 14.8. The molecule has 0 radical (unpaired) electrons. The van der Waals surface area contributed by atoms with E-state index >= 15 is 0 Å². The third-order valence-corrected chi connectivity index (χ3v) is 3.26. The number of imide groups is 1. The molecule has 1 atom stereocenters. The molecule has 0 saturated carbocycles. The maximum Gasteiger partial charge on any atom is 0.327 e. The quantitative estimate of drug-likeness (QED) is 0.442. The lowest BCUT2D eigenvalue weighted by Crippen LogP contribution is -2.38. The van der Waals surface area contributed by atoms with Crippen LogP contribution in [0.3, 0.4) is 0 Å². The zero-order valence-electron chi connectivity index (χ0n) is 11.6. The Bertz CT molecular complexity index is 392. The van der Waals surface area contributed by atoms with Crippen molar-refractivity contribution in [2.75, 3.05) is 18.9 Å².